The minimum absolute atomic E-state index is 0.0317. The molecular formula is C14H18F3NO2S. The number of halogens is 3. The molecule has 2 unspecified atom stereocenters. The smallest absolute Gasteiger partial charge is 0.389 e. The summed E-state index contributed by atoms with van der Waals surface area (Å²) in [6, 6.07) is 0.898. The highest BCUT2D eigenvalue weighted by Gasteiger charge is 2.36. The Hall–Kier alpha value is -1.08. The van der Waals surface area contributed by atoms with Crippen molar-refractivity contribution in [1.82, 2.24) is 4.90 Å². The van der Waals surface area contributed by atoms with Crippen molar-refractivity contribution in [2.75, 3.05) is 6.54 Å². The van der Waals surface area contributed by atoms with Gasteiger partial charge < -0.3 is 5.11 Å². The molecule has 1 aliphatic heterocycles. The first-order valence-corrected chi connectivity index (χ1v) is 7.79. The van der Waals surface area contributed by atoms with Crippen molar-refractivity contribution in [3.63, 3.8) is 0 Å². The van der Waals surface area contributed by atoms with Gasteiger partial charge in [0.1, 0.15) is 6.04 Å². The Bertz CT molecular complexity index is 501. The predicted octanol–water partition coefficient (Wildman–Crippen LogP) is 3.85. The van der Waals surface area contributed by atoms with Crippen molar-refractivity contribution < 1.29 is 23.1 Å². The quantitative estimate of drug-likeness (QED) is 0.895. The topological polar surface area (TPSA) is 40.5 Å². The van der Waals surface area contributed by atoms with Gasteiger partial charge in [0.2, 0.25) is 0 Å². The molecule has 1 aromatic rings. The number of nitrogens with zero attached hydrogens (tertiary/aromatic N) is 1. The fraction of sp³-hybridized carbons (Fsp3) is 0.643. The molecule has 7 heteroatoms. The molecule has 3 nitrogen and oxygen atoms in total. The molecule has 0 fully saturated rings. The van der Waals surface area contributed by atoms with E-state index in [1.807, 2.05) is 23.3 Å². The number of hydrogen-bond donors (Lipinski definition) is 1. The standard InChI is InChI=1S/C14H18F3NO2S/c1-9(3-2-6-14(15,16)17)18-7-4-11-10(5-8-21-11)12(18)13(19)20/h5,8-9,12H,2-4,6-7H2,1H3,(H,19,20). The molecule has 0 saturated heterocycles. The lowest BCUT2D eigenvalue weighted by Crippen LogP contribution is -2.44. The molecule has 0 amide bonds. The van der Waals surface area contributed by atoms with Crippen LogP contribution in [-0.4, -0.2) is 34.7 Å². The second-order valence-corrected chi connectivity index (χ2v) is 6.38. The number of carboxylic acids is 1. The van der Waals surface area contributed by atoms with E-state index in [1.165, 1.54) is 0 Å². The Morgan fingerprint density at radius 1 is 1.57 bits per heavy atom. The maximum absolute atomic E-state index is 12.2. The predicted molar refractivity (Wildman–Crippen MR) is 74.5 cm³/mol. The zero-order valence-electron chi connectivity index (χ0n) is 11.7. The van der Waals surface area contributed by atoms with E-state index in [-0.39, 0.29) is 12.5 Å². The number of aliphatic carboxylic acids is 1. The van der Waals surface area contributed by atoms with Gasteiger partial charge in [0, 0.05) is 23.9 Å². The summed E-state index contributed by atoms with van der Waals surface area (Å²) in [4.78, 5) is 14.4. The van der Waals surface area contributed by atoms with Gasteiger partial charge in [0.25, 0.3) is 0 Å². The molecule has 0 aliphatic carbocycles. The van der Waals surface area contributed by atoms with E-state index >= 15 is 0 Å². The van der Waals surface area contributed by atoms with Gasteiger partial charge in [-0.1, -0.05) is 0 Å². The van der Waals surface area contributed by atoms with Crippen LogP contribution in [0.1, 0.15) is 42.7 Å². The molecule has 0 spiro atoms. The van der Waals surface area contributed by atoms with Crippen LogP contribution in [0.3, 0.4) is 0 Å². The summed E-state index contributed by atoms with van der Waals surface area (Å²) in [6.45, 7) is 2.39. The van der Waals surface area contributed by atoms with Crippen LogP contribution < -0.4 is 0 Å². The summed E-state index contributed by atoms with van der Waals surface area (Å²) in [5, 5.41) is 11.3. The molecule has 2 atom stereocenters. The Labute approximate surface area is 125 Å². The first-order chi connectivity index (χ1) is 9.79. The minimum Gasteiger partial charge on any atom is -0.480 e. The summed E-state index contributed by atoms with van der Waals surface area (Å²) >= 11 is 1.54. The molecule has 1 aliphatic rings. The fourth-order valence-electron chi connectivity index (χ4n) is 2.85. The highest BCUT2D eigenvalue weighted by atomic mass is 32.1. The van der Waals surface area contributed by atoms with Crippen LogP contribution in [0.5, 0.6) is 0 Å². The second-order valence-electron chi connectivity index (χ2n) is 5.38. The molecule has 1 aromatic heterocycles. The van der Waals surface area contributed by atoms with E-state index in [4.69, 9.17) is 0 Å². The van der Waals surface area contributed by atoms with E-state index in [0.717, 1.165) is 16.9 Å². The van der Waals surface area contributed by atoms with Gasteiger partial charge in [-0.2, -0.15) is 13.2 Å². The number of rotatable bonds is 5. The van der Waals surface area contributed by atoms with Crippen molar-refractivity contribution >= 4 is 17.3 Å². The van der Waals surface area contributed by atoms with Gasteiger partial charge >= 0.3 is 12.1 Å². The number of carbonyl (C=O) groups is 1. The average Bonchev–Trinajstić information content (AvgIpc) is 2.83. The molecule has 0 aromatic carbocycles. The maximum Gasteiger partial charge on any atom is 0.389 e. The Balaban J connectivity index is 2.03. The first kappa shape index (κ1) is 16.3. The second kappa shape index (κ2) is 6.36. The zero-order valence-corrected chi connectivity index (χ0v) is 12.5. The van der Waals surface area contributed by atoms with E-state index < -0.39 is 24.6 Å². The number of carboxylic acid groups (broad SMARTS) is 1. The summed E-state index contributed by atoms with van der Waals surface area (Å²) in [5.74, 6) is -0.933. The normalized spacial score (nSPS) is 21.0. The van der Waals surface area contributed by atoms with Gasteiger partial charge in [-0.15, -0.1) is 11.3 Å². The highest BCUT2D eigenvalue weighted by molar-refractivity contribution is 7.10. The lowest BCUT2D eigenvalue weighted by Gasteiger charge is -2.37. The summed E-state index contributed by atoms with van der Waals surface area (Å²) in [6.07, 6.45) is -3.81. The molecule has 0 saturated carbocycles. The Morgan fingerprint density at radius 3 is 2.90 bits per heavy atom. The first-order valence-electron chi connectivity index (χ1n) is 6.91. The number of hydrogen-bond acceptors (Lipinski definition) is 3. The van der Waals surface area contributed by atoms with Crippen LogP contribution in [0.15, 0.2) is 11.4 Å². The molecule has 2 heterocycles. The van der Waals surface area contributed by atoms with Crippen LogP contribution in [0.25, 0.3) is 0 Å². The van der Waals surface area contributed by atoms with E-state index in [1.54, 1.807) is 11.3 Å². The third-order valence-electron chi connectivity index (χ3n) is 3.89. The lowest BCUT2D eigenvalue weighted by atomic mass is 9.96. The highest BCUT2D eigenvalue weighted by Crippen LogP contribution is 2.35. The largest absolute Gasteiger partial charge is 0.480 e. The number of fused-ring (bicyclic) bond motifs is 1. The van der Waals surface area contributed by atoms with Crippen LogP contribution in [0, 0.1) is 0 Å². The molecular weight excluding hydrogens is 303 g/mol. The van der Waals surface area contributed by atoms with Crippen molar-refractivity contribution in [2.45, 2.75) is 50.9 Å². The van der Waals surface area contributed by atoms with Gasteiger partial charge in [0.05, 0.1) is 0 Å². The monoisotopic (exact) mass is 321 g/mol. The van der Waals surface area contributed by atoms with E-state index in [2.05, 4.69) is 0 Å². The Kier molecular flexibility index (Phi) is 4.93. The fourth-order valence-corrected chi connectivity index (χ4v) is 3.75. The third kappa shape index (κ3) is 3.97. The van der Waals surface area contributed by atoms with Crippen LogP contribution in [0.2, 0.25) is 0 Å². The van der Waals surface area contributed by atoms with Crippen molar-refractivity contribution in [3.05, 3.63) is 21.9 Å². The van der Waals surface area contributed by atoms with Gasteiger partial charge in [-0.25, -0.2) is 0 Å². The van der Waals surface area contributed by atoms with E-state index in [0.29, 0.717) is 13.0 Å². The zero-order chi connectivity index (χ0) is 15.6. The number of thiophene rings is 1. The minimum atomic E-state index is -4.14. The summed E-state index contributed by atoms with van der Waals surface area (Å²) in [7, 11) is 0. The van der Waals surface area contributed by atoms with Gasteiger partial charge in [-0.05, 0) is 43.2 Å². The van der Waals surface area contributed by atoms with Crippen molar-refractivity contribution in [2.24, 2.45) is 0 Å². The Morgan fingerprint density at radius 2 is 2.29 bits per heavy atom. The lowest BCUT2D eigenvalue weighted by molar-refractivity contribution is -0.146. The average molecular weight is 321 g/mol. The molecule has 0 radical (unpaired) electrons. The SMILES string of the molecule is CC(CCCC(F)(F)F)N1CCc2sccc2C1C(=O)O. The molecule has 0 bridgehead atoms. The molecule has 118 valence electrons. The molecule has 21 heavy (non-hydrogen) atoms. The summed E-state index contributed by atoms with van der Waals surface area (Å²) < 4.78 is 36.6. The van der Waals surface area contributed by atoms with Crippen molar-refractivity contribution in [1.29, 1.82) is 0 Å². The molecule has 1 N–H and O–H groups in total. The summed E-state index contributed by atoms with van der Waals surface area (Å²) in [5.41, 5.74) is 0.793. The van der Waals surface area contributed by atoms with Gasteiger partial charge in [0.15, 0.2) is 0 Å². The maximum atomic E-state index is 12.2. The van der Waals surface area contributed by atoms with Crippen LogP contribution in [0.4, 0.5) is 13.2 Å². The van der Waals surface area contributed by atoms with Crippen molar-refractivity contribution in [3.8, 4) is 0 Å². The molecule has 2 rings (SSSR count). The third-order valence-corrected chi connectivity index (χ3v) is 4.88. The van der Waals surface area contributed by atoms with E-state index in [9.17, 15) is 23.1 Å². The van der Waals surface area contributed by atoms with Crippen LogP contribution in [-0.2, 0) is 11.2 Å². The van der Waals surface area contributed by atoms with Crippen LogP contribution >= 0.6 is 11.3 Å². The number of alkyl halides is 3. The van der Waals surface area contributed by atoms with Gasteiger partial charge in [-0.3, -0.25) is 9.69 Å².